The molecule has 0 heterocycles. The van der Waals surface area contributed by atoms with Gasteiger partial charge in [0.25, 0.3) is 0 Å². The highest BCUT2D eigenvalue weighted by atomic mass is 16.6. The number of carbonyl (C=O) groups is 12. The van der Waals surface area contributed by atoms with Gasteiger partial charge >= 0.3 is 41.8 Å². The molecule has 0 fully saturated rings. The van der Waals surface area contributed by atoms with E-state index in [1.54, 1.807) is 48.5 Å². The van der Waals surface area contributed by atoms with E-state index in [9.17, 15) is 69.3 Å². The number of carbonyl (C=O) groups excluding carboxylic acids is 12. The zero-order valence-corrected chi connectivity index (χ0v) is 63.9. The predicted molar refractivity (Wildman–Crippen MR) is 378 cm³/mol. The van der Waals surface area contributed by atoms with E-state index in [0.29, 0.717) is 6.42 Å². The zero-order chi connectivity index (χ0) is 78.6. The van der Waals surface area contributed by atoms with E-state index in [1.807, 2.05) is 37.3 Å². The van der Waals surface area contributed by atoms with Crippen LogP contribution in [0.4, 0.5) is 0 Å². The van der Waals surface area contributed by atoms with Crippen LogP contribution in [-0.2, 0) is 90.7 Å². The molecule has 1 rings (SSSR count). The Bertz CT molecular complexity index is 2880. The van der Waals surface area contributed by atoms with Crippen LogP contribution in [0.25, 0.3) is 0 Å². The first-order chi connectivity index (χ1) is 48.4. The lowest BCUT2D eigenvalue weighted by Crippen LogP contribution is -2.51. The van der Waals surface area contributed by atoms with Crippen LogP contribution < -0.4 is 0 Å². The van der Waals surface area contributed by atoms with Gasteiger partial charge < -0.3 is 68.9 Å². The highest BCUT2D eigenvalue weighted by Crippen LogP contribution is 2.56. The Balaban J connectivity index is 4.72. The Labute approximate surface area is 609 Å². The third-order valence-corrected chi connectivity index (χ3v) is 20.0. The van der Waals surface area contributed by atoms with Gasteiger partial charge in [-0.2, -0.15) is 0 Å². The number of ketones is 5. The number of aliphatic hydroxyl groups is 7. The van der Waals surface area contributed by atoms with E-state index in [4.69, 9.17) is 33.2 Å². The molecular weight excluding hydrogens is 1340 g/mol. The fraction of sp³-hybridized carbons (Fsp3) is 0.766. The van der Waals surface area contributed by atoms with Crippen LogP contribution in [0.5, 0.6) is 0 Å². The van der Waals surface area contributed by atoms with Crippen molar-refractivity contribution in [1.82, 2.24) is 0 Å². The summed E-state index contributed by atoms with van der Waals surface area (Å²) in [4.78, 5) is 175. The van der Waals surface area contributed by atoms with Crippen molar-refractivity contribution in [3.63, 3.8) is 0 Å². The van der Waals surface area contributed by atoms with Gasteiger partial charge in [0.2, 0.25) is 0 Å². The topological polar surface area (TPSA) is 411 Å². The van der Waals surface area contributed by atoms with Gasteiger partial charge in [0, 0.05) is 61.7 Å². The van der Waals surface area contributed by atoms with Gasteiger partial charge in [-0.1, -0.05) is 78.8 Å². The molecule has 7 N–H and O–H groups in total. The SMILES string of the molecule is CCC(=O)C(C)CC(CC(CC(CC(CC(C)(CC(C)(CC(C)(CC(C)(CC(C)(CC(C)(CC(C)(CC(CC)c1ccccc1)C(=O)OCCO)C(=O)OCCO)C(=O)OCCO)C(=O)OCCO)C(=O)OCCO)C(=O)OCCO)C(=O)OCCO)C(=O)CC)C(=O)CC)C(=O)CC)C(=O)CC. The number of rotatable bonds is 57. The molecule has 0 aliphatic heterocycles. The highest BCUT2D eigenvalue weighted by Gasteiger charge is 2.60. The maximum atomic E-state index is 15.3. The number of benzene rings is 1. The lowest BCUT2D eigenvalue weighted by molar-refractivity contribution is -0.177. The molecule has 1 aromatic rings. The summed E-state index contributed by atoms with van der Waals surface area (Å²) in [5, 5.41) is 70.5. The van der Waals surface area contributed by atoms with Crippen molar-refractivity contribution in [2.75, 3.05) is 92.5 Å². The Morgan fingerprint density at radius 1 is 0.311 bits per heavy atom. The molecule has 13 unspecified atom stereocenters. The first-order valence-corrected chi connectivity index (χ1v) is 36.5. The Hall–Kier alpha value is -6.42. The second-order valence-electron chi connectivity index (χ2n) is 29.7. The fourth-order valence-corrected chi connectivity index (χ4v) is 15.7. The number of Topliss-reactive ketones (excluding diaryl/α,β-unsaturated/α-hetero) is 5. The monoisotopic (exact) mass is 1460 g/mol. The van der Waals surface area contributed by atoms with Crippen LogP contribution in [0, 0.1) is 67.5 Å². The molecule has 0 aliphatic rings. The number of hydrogen-bond acceptors (Lipinski definition) is 26. The van der Waals surface area contributed by atoms with E-state index < -0.39 is 253 Å². The number of esters is 7. The fourth-order valence-electron chi connectivity index (χ4n) is 15.7. The summed E-state index contributed by atoms with van der Waals surface area (Å²) < 4.78 is 39.7. The van der Waals surface area contributed by atoms with Crippen molar-refractivity contribution < 1.29 is 126 Å². The Morgan fingerprint density at radius 2 is 0.534 bits per heavy atom. The van der Waals surface area contributed by atoms with Crippen molar-refractivity contribution in [3.8, 4) is 0 Å². The number of ether oxygens (including phenoxy) is 7. The zero-order valence-electron chi connectivity index (χ0n) is 63.9. The second kappa shape index (κ2) is 45.8. The predicted octanol–water partition coefficient (Wildman–Crippen LogP) is 7.65. The average Bonchev–Trinajstić information content (AvgIpc) is 0.755. The van der Waals surface area contributed by atoms with Gasteiger partial charge in [0.05, 0.1) is 84.2 Å². The summed E-state index contributed by atoms with van der Waals surface area (Å²) in [5.74, 6) is -13.7. The maximum absolute atomic E-state index is 15.3. The van der Waals surface area contributed by atoms with Gasteiger partial charge in [-0.05, 0) is 143 Å². The van der Waals surface area contributed by atoms with Gasteiger partial charge in [-0.25, -0.2) is 0 Å². The van der Waals surface area contributed by atoms with Crippen LogP contribution in [0.3, 0.4) is 0 Å². The van der Waals surface area contributed by atoms with Crippen molar-refractivity contribution in [1.29, 1.82) is 0 Å². The standard InChI is InChI=1S/C77H124O26/c1-15-53(54-24-22-21-23-25-54)44-71(8,64(90)97-33-26-78)46-73(10,66(92)99-35-28-80)48-75(12,68(94)101-37-30-82)50-77(14,70(96)103-39-32-84)51-76(13,69(95)102-38-31-83)49-74(11,67(93)100-36-29-81)47-72(9,65(91)98-34-27-79)45-58(63(89)20-6)43-57(62(88)19-5)42-56(61(87)18-4)41-55(60(86)17-3)40-52(7)59(85)16-2/h21-25,52-53,55-58,78-84H,15-20,26-51H2,1-14H3. The highest BCUT2D eigenvalue weighted by molar-refractivity contribution is 5.89. The lowest BCUT2D eigenvalue weighted by atomic mass is 9.56. The third kappa shape index (κ3) is 29.1. The molecule has 0 amide bonds. The van der Waals surface area contributed by atoms with Crippen LogP contribution in [0.1, 0.15) is 224 Å². The van der Waals surface area contributed by atoms with E-state index in [-0.39, 0.29) is 93.3 Å². The Morgan fingerprint density at radius 3 is 0.786 bits per heavy atom. The van der Waals surface area contributed by atoms with Crippen molar-refractivity contribution >= 4 is 70.7 Å². The number of aliphatic hydroxyl groups excluding tert-OH is 7. The molecule has 0 aromatic heterocycles. The lowest BCUT2D eigenvalue weighted by Gasteiger charge is -2.46. The minimum atomic E-state index is -2.28. The Kier molecular flexibility index (Phi) is 42.1. The minimum absolute atomic E-state index is 0.0174. The van der Waals surface area contributed by atoms with Gasteiger partial charge in [-0.15, -0.1) is 0 Å². The molecule has 103 heavy (non-hydrogen) atoms. The third-order valence-electron chi connectivity index (χ3n) is 20.0. The smallest absolute Gasteiger partial charge is 0.311 e. The summed E-state index contributed by atoms with van der Waals surface area (Å²) in [7, 11) is 0. The first kappa shape index (κ1) is 94.6. The molecule has 588 valence electrons. The molecule has 0 radical (unpaired) electrons. The summed E-state index contributed by atoms with van der Waals surface area (Å²) >= 11 is 0. The van der Waals surface area contributed by atoms with Gasteiger partial charge in [0.15, 0.2) is 0 Å². The van der Waals surface area contributed by atoms with E-state index in [0.717, 1.165) is 5.56 Å². The largest absolute Gasteiger partial charge is 0.463 e. The molecule has 0 bridgehead atoms. The normalized spacial score (nSPS) is 17.4. The van der Waals surface area contributed by atoms with Crippen molar-refractivity contribution in [3.05, 3.63) is 35.9 Å². The van der Waals surface area contributed by atoms with Crippen LogP contribution in [0.2, 0.25) is 0 Å². The molecule has 0 aliphatic carbocycles. The van der Waals surface area contributed by atoms with E-state index in [2.05, 4.69) is 0 Å². The molecule has 26 nitrogen and oxygen atoms in total. The molecule has 0 saturated heterocycles. The summed E-state index contributed by atoms with van der Waals surface area (Å²) in [6, 6.07) is 9.16. The van der Waals surface area contributed by atoms with E-state index >= 15 is 24.0 Å². The molecule has 1 aromatic carbocycles. The molecule has 26 heteroatoms. The maximum Gasteiger partial charge on any atom is 0.311 e. The summed E-state index contributed by atoms with van der Waals surface area (Å²) in [6.07, 6.45) is -4.24. The minimum Gasteiger partial charge on any atom is -0.463 e. The first-order valence-electron chi connectivity index (χ1n) is 36.5. The molecule has 0 saturated carbocycles. The summed E-state index contributed by atoms with van der Waals surface area (Å²) in [6.45, 7) is 12.2. The van der Waals surface area contributed by atoms with Gasteiger partial charge in [0.1, 0.15) is 75.2 Å². The number of hydrogen-bond donors (Lipinski definition) is 7. The van der Waals surface area contributed by atoms with Crippen molar-refractivity contribution in [2.24, 2.45) is 67.5 Å². The van der Waals surface area contributed by atoms with Gasteiger partial charge in [-0.3, -0.25) is 57.5 Å². The average molecular weight is 1470 g/mol. The van der Waals surface area contributed by atoms with Crippen LogP contribution in [-0.4, -0.2) is 199 Å². The molecular formula is C77H124O26. The van der Waals surface area contributed by atoms with E-state index in [1.165, 1.54) is 41.5 Å². The molecule has 0 spiro atoms. The molecule has 13 atom stereocenters. The van der Waals surface area contributed by atoms with Crippen molar-refractivity contribution in [2.45, 2.75) is 218 Å². The quantitative estimate of drug-likeness (QED) is 0.0243. The van der Waals surface area contributed by atoms with Crippen LogP contribution in [0.15, 0.2) is 30.3 Å². The second-order valence-corrected chi connectivity index (χ2v) is 29.7. The summed E-state index contributed by atoms with van der Waals surface area (Å²) in [5.41, 5.74) is -13.9. The van der Waals surface area contributed by atoms with Crippen LogP contribution >= 0.6 is 0 Å².